The highest BCUT2D eigenvalue weighted by molar-refractivity contribution is 9.10. The standard InChI is InChI=1S/C22H17BrClN3O2S/c23-15-6-8-17(9-7-15)26-27-18(14-3-1-4-16(24)11-14)13-29-19-12-25-22(28)21(19)20-5-2-10-30-20/h1-11,26H,12-13H2,(H,25,28). The molecule has 30 heavy (non-hydrogen) atoms. The molecule has 2 N–H and O–H groups in total. The van der Waals surface area contributed by atoms with Gasteiger partial charge >= 0.3 is 0 Å². The number of amides is 1. The molecule has 0 saturated heterocycles. The summed E-state index contributed by atoms with van der Waals surface area (Å²) in [6, 6.07) is 19.0. The maximum absolute atomic E-state index is 12.3. The first-order valence-corrected chi connectivity index (χ1v) is 11.2. The van der Waals surface area contributed by atoms with Crippen LogP contribution in [-0.2, 0) is 9.53 Å². The lowest BCUT2D eigenvalue weighted by Gasteiger charge is -2.12. The van der Waals surface area contributed by atoms with Crippen molar-refractivity contribution in [3.8, 4) is 0 Å². The van der Waals surface area contributed by atoms with Gasteiger partial charge in [0.15, 0.2) is 0 Å². The number of ether oxygens (including phenoxy) is 1. The number of benzene rings is 2. The van der Waals surface area contributed by atoms with Crippen molar-refractivity contribution in [2.75, 3.05) is 18.6 Å². The SMILES string of the molecule is O=C1NCC(OCC(=NNc2ccc(Br)cc2)c2cccc(Cl)c2)=C1c1cccs1. The molecule has 1 aromatic heterocycles. The lowest BCUT2D eigenvalue weighted by molar-refractivity contribution is -0.114. The number of carbonyl (C=O) groups excluding carboxylic acids is 1. The number of hydrazone groups is 1. The summed E-state index contributed by atoms with van der Waals surface area (Å²) in [5.41, 5.74) is 5.98. The van der Waals surface area contributed by atoms with E-state index >= 15 is 0 Å². The van der Waals surface area contributed by atoms with Gasteiger partial charge in [0.05, 0.1) is 17.8 Å². The van der Waals surface area contributed by atoms with Gasteiger partial charge < -0.3 is 10.1 Å². The van der Waals surface area contributed by atoms with Crippen LogP contribution in [0.3, 0.4) is 0 Å². The van der Waals surface area contributed by atoms with Gasteiger partial charge in [0.2, 0.25) is 0 Å². The van der Waals surface area contributed by atoms with Gasteiger partial charge in [0.25, 0.3) is 5.91 Å². The molecule has 0 atom stereocenters. The molecule has 8 heteroatoms. The van der Waals surface area contributed by atoms with E-state index in [0.717, 1.165) is 20.6 Å². The molecule has 0 aliphatic carbocycles. The fourth-order valence-electron chi connectivity index (χ4n) is 2.92. The first-order valence-electron chi connectivity index (χ1n) is 9.12. The van der Waals surface area contributed by atoms with E-state index in [2.05, 4.69) is 31.8 Å². The Bertz CT molecular complexity index is 1110. The largest absolute Gasteiger partial charge is 0.489 e. The van der Waals surface area contributed by atoms with Gasteiger partial charge in [-0.25, -0.2) is 0 Å². The Morgan fingerprint density at radius 3 is 2.77 bits per heavy atom. The van der Waals surface area contributed by atoms with Gasteiger partial charge in [-0.3, -0.25) is 10.2 Å². The van der Waals surface area contributed by atoms with Crippen LogP contribution in [0, 0.1) is 0 Å². The van der Waals surface area contributed by atoms with Crippen LogP contribution in [-0.4, -0.2) is 24.8 Å². The first kappa shape index (κ1) is 20.7. The van der Waals surface area contributed by atoms with E-state index in [1.165, 1.54) is 11.3 Å². The Labute approximate surface area is 191 Å². The Morgan fingerprint density at radius 2 is 2.03 bits per heavy atom. The fraction of sp³-hybridized carbons (Fsp3) is 0.0909. The molecular weight excluding hydrogens is 486 g/mol. The van der Waals surface area contributed by atoms with Gasteiger partial charge in [-0.05, 0) is 47.8 Å². The van der Waals surface area contributed by atoms with Gasteiger partial charge in [0, 0.05) is 19.9 Å². The van der Waals surface area contributed by atoms with Crippen LogP contribution in [0.25, 0.3) is 5.57 Å². The molecule has 2 aromatic carbocycles. The van der Waals surface area contributed by atoms with Gasteiger partial charge in [0.1, 0.15) is 18.1 Å². The van der Waals surface area contributed by atoms with Crippen molar-refractivity contribution >= 4 is 61.7 Å². The van der Waals surface area contributed by atoms with Crippen molar-refractivity contribution < 1.29 is 9.53 Å². The summed E-state index contributed by atoms with van der Waals surface area (Å²) in [5, 5.41) is 9.92. The van der Waals surface area contributed by atoms with Crippen molar-refractivity contribution in [2.45, 2.75) is 0 Å². The number of carbonyl (C=O) groups is 1. The summed E-state index contributed by atoms with van der Waals surface area (Å²) in [4.78, 5) is 13.2. The summed E-state index contributed by atoms with van der Waals surface area (Å²) in [6.07, 6.45) is 0. The van der Waals surface area contributed by atoms with Crippen molar-refractivity contribution in [2.24, 2.45) is 5.10 Å². The van der Waals surface area contributed by atoms with Crippen LogP contribution in [0.5, 0.6) is 0 Å². The minimum absolute atomic E-state index is 0.123. The Hall–Kier alpha value is -2.61. The predicted molar refractivity (Wildman–Crippen MR) is 126 cm³/mol. The van der Waals surface area contributed by atoms with Crippen molar-refractivity contribution in [3.05, 3.63) is 91.7 Å². The highest BCUT2D eigenvalue weighted by Crippen LogP contribution is 2.27. The molecule has 0 saturated carbocycles. The second kappa shape index (κ2) is 9.47. The molecule has 1 aliphatic heterocycles. The lowest BCUT2D eigenvalue weighted by Crippen LogP contribution is -2.18. The average molecular weight is 503 g/mol. The quantitative estimate of drug-likeness (QED) is 0.329. The molecule has 152 valence electrons. The number of halogens is 2. The third-order valence-electron chi connectivity index (χ3n) is 4.39. The minimum atomic E-state index is -0.123. The molecule has 2 heterocycles. The van der Waals surface area contributed by atoms with Crippen molar-refractivity contribution in [1.82, 2.24) is 5.32 Å². The van der Waals surface area contributed by atoms with Crippen molar-refractivity contribution in [1.29, 1.82) is 0 Å². The third-order valence-corrected chi connectivity index (χ3v) is 6.04. The van der Waals surface area contributed by atoms with Gasteiger partial charge in [-0.2, -0.15) is 5.10 Å². The second-order valence-electron chi connectivity index (χ2n) is 6.43. The topological polar surface area (TPSA) is 62.7 Å². The van der Waals surface area contributed by atoms with Crippen LogP contribution in [0.4, 0.5) is 5.69 Å². The molecule has 0 bridgehead atoms. The first-order chi connectivity index (χ1) is 14.6. The fourth-order valence-corrected chi connectivity index (χ4v) is 4.16. The zero-order valence-electron chi connectivity index (χ0n) is 15.7. The summed E-state index contributed by atoms with van der Waals surface area (Å²) < 4.78 is 7.04. The van der Waals surface area contributed by atoms with E-state index < -0.39 is 0 Å². The second-order valence-corrected chi connectivity index (χ2v) is 8.73. The average Bonchev–Trinajstić information content (AvgIpc) is 3.39. The maximum atomic E-state index is 12.3. The number of hydrogen-bond donors (Lipinski definition) is 2. The normalized spacial score (nSPS) is 14.1. The lowest BCUT2D eigenvalue weighted by atomic mass is 10.1. The van der Waals surface area contributed by atoms with Gasteiger partial charge in [-0.1, -0.05) is 45.7 Å². The van der Waals surface area contributed by atoms with Gasteiger partial charge in [-0.15, -0.1) is 11.3 Å². The molecule has 0 spiro atoms. The molecule has 0 fully saturated rings. The van der Waals surface area contributed by atoms with Crippen molar-refractivity contribution in [3.63, 3.8) is 0 Å². The van der Waals surface area contributed by atoms with E-state index in [4.69, 9.17) is 16.3 Å². The van der Waals surface area contributed by atoms with Crippen LogP contribution >= 0.6 is 38.9 Å². The molecule has 5 nitrogen and oxygen atoms in total. The monoisotopic (exact) mass is 501 g/mol. The molecule has 0 unspecified atom stereocenters. The van der Waals surface area contributed by atoms with E-state index in [-0.39, 0.29) is 12.5 Å². The highest BCUT2D eigenvalue weighted by atomic mass is 79.9. The van der Waals surface area contributed by atoms with E-state index in [0.29, 0.717) is 28.6 Å². The van der Waals surface area contributed by atoms with Crippen LogP contribution in [0.15, 0.2) is 81.4 Å². The zero-order chi connectivity index (χ0) is 20.9. The van der Waals surface area contributed by atoms with Crippen LogP contribution in [0.2, 0.25) is 5.02 Å². The summed E-state index contributed by atoms with van der Waals surface area (Å²) in [5.74, 6) is 0.488. The van der Waals surface area contributed by atoms with E-state index in [1.807, 2.05) is 66.0 Å². The predicted octanol–water partition coefficient (Wildman–Crippen LogP) is 5.54. The Kier molecular flexibility index (Phi) is 6.52. The minimum Gasteiger partial charge on any atom is -0.489 e. The number of hydrogen-bond acceptors (Lipinski definition) is 5. The third kappa shape index (κ3) is 4.92. The Morgan fingerprint density at radius 1 is 1.20 bits per heavy atom. The Balaban J connectivity index is 1.59. The van der Waals surface area contributed by atoms with E-state index in [9.17, 15) is 4.79 Å². The molecule has 0 radical (unpaired) electrons. The molecule has 1 amide bonds. The summed E-state index contributed by atoms with van der Waals surface area (Å²) in [6.45, 7) is 0.540. The molecule has 1 aliphatic rings. The zero-order valence-corrected chi connectivity index (χ0v) is 18.9. The summed E-state index contributed by atoms with van der Waals surface area (Å²) >= 11 is 11.1. The molecule has 3 aromatic rings. The number of thiophene rings is 1. The molecular formula is C22H17BrClN3O2S. The molecule has 4 rings (SSSR count). The number of anilines is 1. The smallest absolute Gasteiger partial charge is 0.256 e. The highest BCUT2D eigenvalue weighted by Gasteiger charge is 2.26. The number of nitrogens with zero attached hydrogens (tertiary/aromatic N) is 1. The number of rotatable bonds is 7. The van der Waals surface area contributed by atoms with E-state index in [1.54, 1.807) is 0 Å². The maximum Gasteiger partial charge on any atom is 0.256 e. The summed E-state index contributed by atoms with van der Waals surface area (Å²) in [7, 11) is 0. The van der Waals surface area contributed by atoms with Crippen LogP contribution in [0.1, 0.15) is 10.4 Å². The van der Waals surface area contributed by atoms with Crippen LogP contribution < -0.4 is 10.7 Å². The number of nitrogens with one attached hydrogen (secondary N) is 2.